The highest BCUT2D eigenvalue weighted by Crippen LogP contribution is 2.21. The number of amides is 1. The van der Waals surface area contributed by atoms with E-state index in [0.717, 1.165) is 0 Å². The number of fused-ring (bicyclic) bond motifs is 3. The molecular weight excluding hydrogens is 369 g/mol. The van der Waals surface area contributed by atoms with E-state index in [1.54, 1.807) is 23.6 Å². The predicted octanol–water partition coefficient (Wildman–Crippen LogP) is 2.45. The van der Waals surface area contributed by atoms with Crippen LogP contribution in [0.3, 0.4) is 0 Å². The lowest BCUT2D eigenvalue weighted by molar-refractivity contribution is -0.113. The van der Waals surface area contributed by atoms with E-state index in [2.05, 4.69) is 15.5 Å². The summed E-state index contributed by atoms with van der Waals surface area (Å²) in [6.07, 6.45) is 0. The smallest absolute Gasteiger partial charge is 0.262 e. The Kier molecular flexibility index (Phi) is 4.36. The number of carbonyl (C=O) groups is 1. The molecule has 0 bridgehead atoms. The first-order valence-electron chi connectivity index (χ1n) is 8.05. The minimum Gasteiger partial charge on any atom is -0.325 e. The molecule has 7 nitrogen and oxygen atoms in total. The van der Waals surface area contributed by atoms with Crippen molar-refractivity contribution >= 4 is 40.0 Å². The summed E-state index contributed by atoms with van der Waals surface area (Å²) in [6.45, 7) is 0. The average molecular weight is 383 g/mol. The maximum atomic E-state index is 12.9. The molecule has 0 aliphatic rings. The molecule has 136 valence electrons. The van der Waals surface area contributed by atoms with Crippen molar-refractivity contribution in [2.45, 2.75) is 5.16 Å². The van der Waals surface area contributed by atoms with Gasteiger partial charge in [0, 0.05) is 12.7 Å². The van der Waals surface area contributed by atoms with Crippen LogP contribution in [0, 0.1) is 5.82 Å². The second-order valence-electron chi connectivity index (χ2n) is 5.84. The molecule has 4 aromatic rings. The number of thioether (sulfide) groups is 1. The van der Waals surface area contributed by atoms with Gasteiger partial charge in [-0.05, 0) is 36.4 Å². The number of benzene rings is 2. The number of aryl methyl sites for hydroxylation is 1. The molecule has 27 heavy (non-hydrogen) atoms. The summed E-state index contributed by atoms with van der Waals surface area (Å²) >= 11 is 1.20. The molecule has 0 aliphatic carbocycles. The van der Waals surface area contributed by atoms with Gasteiger partial charge < -0.3 is 5.32 Å². The molecule has 0 radical (unpaired) electrons. The Bertz CT molecular complexity index is 1220. The number of halogens is 1. The molecule has 0 saturated carbocycles. The summed E-state index contributed by atoms with van der Waals surface area (Å²) in [5.74, 6) is -0.123. The Hall–Kier alpha value is -3.20. The monoisotopic (exact) mass is 383 g/mol. The van der Waals surface area contributed by atoms with E-state index < -0.39 is 0 Å². The normalized spacial score (nSPS) is 11.2. The van der Waals surface area contributed by atoms with Gasteiger partial charge in [-0.15, -0.1) is 10.2 Å². The maximum absolute atomic E-state index is 12.9. The van der Waals surface area contributed by atoms with Gasteiger partial charge in [0.1, 0.15) is 5.82 Å². The summed E-state index contributed by atoms with van der Waals surface area (Å²) in [4.78, 5) is 24.6. The van der Waals surface area contributed by atoms with Gasteiger partial charge in [-0.25, -0.2) is 4.39 Å². The molecule has 2 heterocycles. The third-order valence-corrected chi connectivity index (χ3v) is 4.99. The van der Waals surface area contributed by atoms with Crippen LogP contribution in [0.4, 0.5) is 10.1 Å². The number of hydrogen-bond donors (Lipinski definition) is 1. The fourth-order valence-corrected chi connectivity index (χ4v) is 3.51. The zero-order valence-corrected chi connectivity index (χ0v) is 15.0. The van der Waals surface area contributed by atoms with Crippen molar-refractivity contribution in [3.8, 4) is 0 Å². The van der Waals surface area contributed by atoms with Gasteiger partial charge in [-0.2, -0.15) is 0 Å². The molecule has 4 rings (SSSR count). The minimum absolute atomic E-state index is 0.0926. The molecule has 9 heteroatoms. The van der Waals surface area contributed by atoms with E-state index in [-0.39, 0.29) is 23.0 Å². The Morgan fingerprint density at radius 2 is 1.89 bits per heavy atom. The number of anilines is 1. The molecule has 1 amide bonds. The summed E-state index contributed by atoms with van der Waals surface area (Å²) in [5.41, 5.74) is 1.04. The molecule has 0 spiro atoms. The molecular formula is C18H14FN5O2S. The van der Waals surface area contributed by atoms with Crippen LogP contribution >= 0.6 is 11.8 Å². The van der Waals surface area contributed by atoms with Crippen molar-refractivity contribution < 1.29 is 9.18 Å². The lowest BCUT2D eigenvalue weighted by Crippen LogP contribution is -2.20. The first kappa shape index (κ1) is 17.2. The maximum Gasteiger partial charge on any atom is 0.262 e. The van der Waals surface area contributed by atoms with Crippen molar-refractivity contribution in [1.82, 2.24) is 19.2 Å². The van der Waals surface area contributed by atoms with Crippen LogP contribution in [0.15, 0.2) is 58.5 Å². The highest BCUT2D eigenvalue weighted by atomic mass is 32.2. The number of para-hydroxylation sites is 1. The van der Waals surface area contributed by atoms with Crippen molar-refractivity contribution in [1.29, 1.82) is 0 Å². The van der Waals surface area contributed by atoms with Gasteiger partial charge >= 0.3 is 0 Å². The third-order valence-electron chi connectivity index (χ3n) is 4.06. The Morgan fingerprint density at radius 1 is 1.15 bits per heavy atom. The highest BCUT2D eigenvalue weighted by molar-refractivity contribution is 7.99. The van der Waals surface area contributed by atoms with E-state index in [1.807, 2.05) is 12.1 Å². The Balaban J connectivity index is 1.62. The fraction of sp³-hybridized carbons (Fsp3) is 0.111. The average Bonchev–Trinajstić information content (AvgIpc) is 3.10. The Morgan fingerprint density at radius 3 is 2.67 bits per heavy atom. The van der Waals surface area contributed by atoms with Crippen molar-refractivity contribution in [3.05, 3.63) is 64.7 Å². The molecule has 0 saturated heterocycles. The quantitative estimate of drug-likeness (QED) is 0.548. The van der Waals surface area contributed by atoms with E-state index in [0.29, 0.717) is 27.5 Å². The molecule has 0 fully saturated rings. The number of carbonyl (C=O) groups excluding carboxylic acids is 1. The van der Waals surface area contributed by atoms with Gasteiger partial charge in [0.25, 0.3) is 5.56 Å². The third kappa shape index (κ3) is 3.17. The van der Waals surface area contributed by atoms with Gasteiger partial charge in [0.15, 0.2) is 5.16 Å². The number of aromatic nitrogens is 4. The van der Waals surface area contributed by atoms with E-state index in [1.165, 1.54) is 40.6 Å². The van der Waals surface area contributed by atoms with Crippen LogP contribution in [0.5, 0.6) is 0 Å². The van der Waals surface area contributed by atoms with Gasteiger partial charge in [-0.3, -0.25) is 18.6 Å². The second kappa shape index (κ2) is 6.84. The summed E-state index contributed by atoms with van der Waals surface area (Å²) < 4.78 is 16.1. The number of rotatable bonds is 4. The lowest BCUT2D eigenvalue weighted by atomic mass is 10.2. The van der Waals surface area contributed by atoms with Crippen LogP contribution in [-0.2, 0) is 11.8 Å². The second-order valence-corrected chi connectivity index (χ2v) is 6.79. The van der Waals surface area contributed by atoms with Crippen LogP contribution in [0.25, 0.3) is 16.7 Å². The van der Waals surface area contributed by atoms with Gasteiger partial charge in [0.05, 0.1) is 16.7 Å². The number of nitrogens with one attached hydrogen (secondary N) is 1. The van der Waals surface area contributed by atoms with Crippen molar-refractivity contribution in [2.75, 3.05) is 11.1 Å². The largest absolute Gasteiger partial charge is 0.325 e. The first-order chi connectivity index (χ1) is 13.0. The van der Waals surface area contributed by atoms with Crippen molar-refractivity contribution in [2.24, 2.45) is 7.05 Å². The molecule has 1 N–H and O–H groups in total. The van der Waals surface area contributed by atoms with E-state index in [4.69, 9.17) is 0 Å². The van der Waals surface area contributed by atoms with Crippen LogP contribution in [-0.4, -0.2) is 30.8 Å². The van der Waals surface area contributed by atoms with E-state index in [9.17, 15) is 14.0 Å². The van der Waals surface area contributed by atoms with Gasteiger partial charge in [-0.1, -0.05) is 23.9 Å². The van der Waals surface area contributed by atoms with Crippen molar-refractivity contribution in [3.63, 3.8) is 0 Å². The molecule has 0 aliphatic heterocycles. The Labute approximate surface area is 156 Å². The van der Waals surface area contributed by atoms with Crippen LogP contribution in [0.2, 0.25) is 0 Å². The topological polar surface area (TPSA) is 81.3 Å². The zero-order valence-electron chi connectivity index (χ0n) is 14.2. The van der Waals surface area contributed by atoms with Gasteiger partial charge in [0.2, 0.25) is 11.7 Å². The number of hydrogen-bond acceptors (Lipinski definition) is 5. The summed E-state index contributed by atoms with van der Waals surface area (Å²) in [5, 5.41) is 12.0. The number of nitrogens with zero attached hydrogens (tertiary/aromatic N) is 4. The molecule has 0 atom stereocenters. The predicted molar refractivity (Wildman–Crippen MR) is 101 cm³/mol. The standard InChI is InChI=1S/C18H14FN5O2S/c1-23-16(26)13-4-2-3-5-14(13)24-17(23)21-22-18(24)27-10-15(25)20-12-8-6-11(19)7-9-12/h2-9H,10H2,1H3,(H,20,25). The molecule has 2 aromatic heterocycles. The summed E-state index contributed by atoms with van der Waals surface area (Å²) in [7, 11) is 1.63. The zero-order chi connectivity index (χ0) is 19.0. The van der Waals surface area contributed by atoms with Crippen LogP contribution in [0.1, 0.15) is 0 Å². The minimum atomic E-state index is -0.366. The first-order valence-corrected chi connectivity index (χ1v) is 9.04. The SMILES string of the molecule is Cn1c(=O)c2ccccc2n2c(SCC(=O)Nc3ccc(F)cc3)nnc12. The highest BCUT2D eigenvalue weighted by Gasteiger charge is 2.15. The van der Waals surface area contributed by atoms with E-state index >= 15 is 0 Å². The fourth-order valence-electron chi connectivity index (χ4n) is 2.77. The molecule has 0 unspecified atom stereocenters. The lowest BCUT2D eigenvalue weighted by Gasteiger charge is -2.08. The molecule has 2 aromatic carbocycles. The summed E-state index contributed by atoms with van der Waals surface area (Å²) in [6, 6.07) is 12.7. The van der Waals surface area contributed by atoms with Crippen LogP contribution < -0.4 is 10.9 Å².